The molecule has 1 N–H and O–H groups in total. The Balaban J connectivity index is 2.00. The number of imidazole rings is 1. The van der Waals surface area contributed by atoms with Crippen molar-refractivity contribution < 1.29 is 0 Å². The molecule has 0 aliphatic heterocycles. The van der Waals surface area contributed by atoms with Gasteiger partial charge in [-0.2, -0.15) is 0 Å². The van der Waals surface area contributed by atoms with Gasteiger partial charge in [-0.05, 0) is 42.2 Å². The summed E-state index contributed by atoms with van der Waals surface area (Å²) in [6, 6.07) is 7.87. The smallest absolute Gasteiger partial charge is 0.178 e. The number of aromatic amines is 1. The number of thiophene rings is 1. The van der Waals surface area contributed by atoms with E-state index < -0.39 is 0 Å². The Hall–Kier alpha value is -0.810. The van der Waals surface area contributed by atoms with Gasteiger partial charge in [0.25, 0.3) is 0 Å². The monoisotopic (exact) mass is 328 g/mol. The molecule has 6 heteroatoms. The predicted molar refractivity (Wildman–Crippen MR) is 85.2 cm³/mol. The minimum atomic E-state index is 0.538. The third-order valence-corrected chi connectivity index (χ3v) is 4.96. The fourth-order valence-corrected chi connectivity index (χ4v) is 3.37. The van der Waals surface area contributed by atoms with Crippen molar-refractivity contribution in [1.29, 1.82) is 0 Å². The van der Waals surface area contributed by atoms with E-state index in [9.17, 15) is 0 Å². The summed E-state index contributed by atoms with van der Waals surface area (Å²) in [5, 5.41) is 3.17. The second-order valence-electron chi connectivity index (χ2n) is 4.19. The van der Waals surface area contributed by atoms with Gasteiger partial charge in [0.1, 0.15) is 0 Å². The van der Waals surface area contributed by atoms with Crippen LogP contribution in [0.1, 0.15) is 4.88 Å². The molecule has 0 fully saturated rings. The lowest BCUT2D eigenvalue weighted by molar-refractivity contribution is 0.712. The molecular weight excluding hydrogens is 319 g/mol. The molecule has 0 aliphatic carbocycles. The van der Waals surface area contributed by atoms with Gasteiger partial charge in [-0.25, -0.2) is 0 Å². The van der Waals surface area contributed by atoms with E-state index in [1.807, 2.05) is 12.1 Å². The van der Waals surface area contributed by atoms with Crippen LogP contribution in [0.4, 0.5) is 0 Å². The summed E-state index contributed by atoms with van der Waals surface area (Å²) < 4.78 is 2.76. The maximum atomic E-state index is 6.08. The Kier molecular flexibility index (Phi) is 3.67. The van der Waals surface area contributed by atoms with Crippen molar-refractivity contribution in [3.8, 4) is 0 Å². The fraction of sp³-hybridized carbons (Fsp3) is 0.154. The van der Waals surface area contributed by atoms with Crippen molar-refractivity contribution in [3.05, 3.63) is 49.3 Å². The van der Waals surface area contributed by atoms with E-state index in [0.29, 0.717) is 14.8 Å². The summed E-state index contributed by atoms with van der Waals surface area (Å²) in [5.41, 5.74) is 1.92. The molecule has 0 atom stereocenters. The number of nitrogens with zero attached hydrogens (tertiary/aromatic N) is 1. The number of rotatable bonds is 3. The highest BCUT2D eigenvalue weighted by atomic mass is 35.5. The third kappa shape index (κ3) is 2.58. The molecule has 0 aliphatic rings. The first-order valence-electron chi connectivity index (χ1n) is 5.75. The molecular formula is C13H10Cl2N2S2. The molecule has 0 radical (unpaired) electrons. The lowest BCUT2D eigenvalue weighted by Crippen LogP contribution is -2.00. The van der Waals surface area contributed by atoms with Gasteiger partial charge in [0, 0.05) is 11.4 Å². The minimum Gasteiger partial charge on any atom is -0.331 e. The van der Waals surface area contributed by atoms with E-state index in [4.69, 9.17) is 35.4 Å². The topological polar surface area (TPSA) is 20.7 Å². The van der Waals surface area contributed by atoms with Gasteiger partial charge < -0.3 is 9.55 Å². The van der Waals surface area contributed by atoms with Crippen LogP contribution in [0.15, 0.2) is 29.6 Å². The summed E-state index contributed by atoms with van der Waals surface area (Å²) in [7, 11) is 0. The highest BCUT2D eigenvalue weighted by Gasteiger charge is 2.08. The zero-order valence-electron chi connectivity index (χ0n) is 9.82. The van der Waals surface area contributed by atoms with Crippen LogP contribution in [0, 0.1) is 4.77 Å². The molecule has 2 heterocycles. The highest BCUT2D eigenvalue weighted by Crippen LogP contribution is 2.27. The largest absolute Gasteiger partial charge is 0.331 e. The number of nitrogens with one attached hydrogen (secondary N) is 1. The summed E-state index contributed by atoms with van der Waals surface area (Å²) in [6.45, 7) is 0.831. The van der Waals surface area contributed by atoms with Gasteiger partial charge in [-0.15, -0.1) is 11.3 Å². The first kappa shape index (κ1) is 13.2. The lowest BCUT2D eigenvalue weighted by atomic mass is 10.3. The fourth-order valence-electron chi connectivity index (χ4n) is 2.05. The van der Waals surface area contributed by atoms with E-state index in [-0.39, 0.29) is 0 Å². The molecule has 3 rings (SSSR count). The molecule has 0 saturated carbocycles. The Morgan fingerprint density at radius 1 is 1.26 bits per heavy atom. The first-order valence-corrected chi connectivity index (χ1v) is 7.79. The molecule has 98 valence electrons. The number of benzene rings is 1. The van der Waals surface area contributed by atoms with Gasteiger partial charge in [0.2, 0.25) is 0 Å². The van der Waals surface area contributed by atoms with Gasteiger partial charge in [-0.1, -0.05) is 29.3 Å². The number of H-pyrrole nitrogens is 1. The number of hydrogen-bond donors (Lipinski definition) is 1. The van der Waals surface area contributed by atoms with Crippen molar-refractivity contribution in [2.75, 3.05) is 0 Å². The van der Waals surface area contributed by atoms with Gasteiger partial charge >= 0.3 is 0 Å². The van der Waals surface area contributed by atoms with Gasteiger partial charge in [0.15, 0.2) is 4.77 Å². The SMILES string of the molecule is S=c1[nH]c2cc(Cl)c(Cl)cc2n1CCc1cccs1. The zero-order valence-corrected chi connectivity index (χ0v) is 13.0. The summed E-state index contributed by atoms with van der Waals surface area (Å²) in [4.78, 5) is 4.51. The maximum absolute atomic E-state index is 6.08. The Morgan fingerprint density at radius 2 is 2.05 bits per heavy atom. The predicted octanol–water partition coefficient (Wildman–Crippen LogP) is 5.31. The number of aromatic nitrogens is 2. The standard InChI is InChI=1S/C13H10Cl2N2S2/c14-9-6-11-12(7-10(9)15)17(13(18)16-11)4-3-8-2-1-5-19-8/h1-2,5-7H,3-4H2,(H,16,18). The van der Waals surface area contributed by atoms with Crippen molar-refractivity contribution in [1.82, 2.24) is 9.55 Å². The Labute approximate surface area is 129 Å². The maximum Gasteiger partial charge on any atom is 0.178 e. The van der Waals surface area contributed by atoms with Crippen molar-refractivity contribution in [2.24, 2.45) is 0 Å². The number of hydrogen-bond acceptors (Lipinski definition) is 2. The molecule has 3 aromatic rings. The van der Waals surface area contributed by atoms with Crippen LogP contribution in [0.25, 0.3) is 11.0 Å². The van der Waals surface area contributed by atoms with E-state index in [2.05, 4.69) is 27.1 Å². The molecule has 0 spiro atoms. The average molecular weight is 329 g/mol. The van der Waals surface area contributed by atoms with Crippen LogP contribution in [-0.2, 0) is 13.0 Å². The van der Waals surface area contributed by atoms with Crippen LogP contribution in [-0.4, -0.2) is 9.55 Å². The minimum absolute atomic E-state index is 0.538. The normalized spacial score (nSPS) is 11.3. The molecule has 2 nitrogen and oxygen atoms in total. The van der Waals surface area contributed by atoms with E-state index >= 15 is 0 Å². The van der Waals surface area contributed by atoms with E-state index in [1.165, 1.54) is 4.88 Å². The molecule has 19 heavy (non-hydrogen) atoms. The van der Waals surface area contributed by atoms with E-state index in [1.54, 1.807) is 11.3 Å². The molecule has 1 aromatic carbocycles. The molecule has 0 saturated heterocycles. The van der Waals surface area contributed by atoms with Crippen LogP contribution < -0.4 is 0 Å². The second kappa shape index (κ2) is 5.29. The van der Waals surface area contributed by atoms with Crippen LogP contribution in [0.3, 0.4) is 0 Å². The number of halogens is 2. The summed E-state index contributed by atoms with van der Waals surface area (Å²) in [5.74, 6) is 0. The lowest BCUT2D eigenvalue weighted by Gasteiger charge is -2.04. The van der Waals surface area contributed by atoms with Gasteiger partial charge in [0.05, 0.1) is 21.1 Å². The van der Waals surface area contributed by atoms with E-state index in [0.717, 1.165) is 24.0 Å². The quantitative estimate of drug-likeness (QED) is 0.646. The van der Waals surface area contributed by atoms with Crippen LogP contribution in [0.2, 0.25) is 10.0 Å². The van der Waals surface area contributed by atoms with Crippen LogP contribution >= 0.6 is 46.8 Å². The average Bonchev–Trinajstić information content (AvgIpc) is 2.96. The van der Waals surface area contributed by atoms with Gasteiger partial charge in [-0.3, -0.25) is 0 Å². The molecule has 2 aromatic heterocycles. The molecule has 0 bridgehead atoms. The summed E-state index contributed by atoms with van der Waals surface area (Å²) in [6.07, 6.45) is 0.958. The van der Waals surface area contributed by atoms with Crippen molar-refractivity contribution in [2.45, 2.75) is 13.0 Å². The second-order valence-corrected chi connectivity index (χ2v) is 6.43. The van der Waals surface area contributed by atoms with Crippen molar-refractivity contribution in [3.63, 3.8) is 0 Å². The number of aryl methyl sites for hydroxylation is 2. The molecule has 0 unspecified atom stereocenters. The van der Waals surface area contributed by atoms with Crippen LogP contribution in [0.5, 0.6) is 0 Å². The third-order valence-electron chi connectivity index (χ3n) is 2.98. The zero-order chi connectivity index (χ0) is 13.4. The Bertz CT molecular complexity index is 772. The molecule has 0 amide bonds. The Morgan fingerprint density at radius 3 is 2.79 bits per heavy atom. The number of fused-ring (bicyclic) bond motifs is 1. The van der Waals surface area contributed by atoms with Crippen molar-refractivity contribution >= 4 is 57.8 Å². The first-order chi connectivity index (χ1) is 9.15. The summed E-state index contributed by atoms with van der Waals surface area (Å²) >= 11 is 19.2. The highest BCUT2D eigenvalue weighted by molar-refractivity contribution is 7.71.